The summed E-state index contributed by atoms with van der Waals surface area (Å²) in [7, 11) is 4.16. The number of likely N-dealkylation sites (N-methyl/N-ethyl adjacent to an activating group) is 1. The fourth-order valence-electron chi connectivity index (χ4n) is 2.66. The van der Waals surface area contributed by atoms with E-state index in [0.29, 0.717) is 6.04 Å². The molecule has 1 N–H and O–H groups in total. The molecule has 5 heteroatoms. The number of hydrogen-bond acceptors (Lipinski definition) is 4. The molecule has 0 radical (unpaired) electrons. The van der Waals surface area contributed by atoms with Crippen LogP contribution in [0.2, 0.25) is 0 Å². The smallest absolute Gasteiger partial charge is 0.0682 e. The van der Waals surface area contributed by atoms with E-state index in [1.165, 1.54) is 5.56 Å². The molecule has 0 bridgehead atoms. The van der Waals surface area contributed by atoms with Crippen molar-refractivity contribution in [3.05, 3.63) is 18.0 Å². The summed E-state index contributed by atoms with van der Waals surface area (Å²) in [6.07, 6.45) is 4.72. The van der Waals surface area contributed by atoms with Crippen molar-refractivity contribution in [1.82, 2.24) is 19.6 Å². The van der Waals surface area contributed by atoms with Crippen LogP contribution in [0.1, 0.15) is 18.9 Å². The number of hydrogen-bond donors (Lipinski definition) is 1. The van der Waals surface area contributed by atoms with Gasteiger partial charge in [-0.15, -0.1) is 0 Å². The van der Waals surface area contributed by atoms with Crippen molar-refractivity contribution in [3.8, 4) is 0 Å². The van der Waals surface area contributed by atoms with Gasteiger partial charge in [0.1, 0.15) is 0 Å². The molecule has 1 aliphatic heterocycles. The van der Waals surface area contributed by atoms with Crippen molar-refractivity contribution in [1.29, 1.82) is 0 Å². The first kappa shape index (κ1) is 13.5. The van der Waals surface area contributed by atoms with Crippen molar-refractivity contribution in [3.63, 3.8) is 0 Å². The minimum atomic E-state index is -0.184. The highest BCUT2D eigenvalue weighted by atomic mass is 16.3. The fraction of sp³-hybridized carbons (Fsp3) is 0.769. The van der Waals surface area contributed by atoms with Crippen LogP contribution in [0, 0.1) is 0 Å². The van der Waals surface area contributed by atoms with Crippen LogP contribution in [0.4, 0.5) is 0 Å². The standard InChI is InChI=1S/C13H24N4O/c1-4-17-8-11(6-14-17)7-16-10-13(18)5-12(16)9-15(2)3/h6,8,12-13,18H,4-5,7,9-10H2,1-3H3. The molecule has 2 atom stereocenters. The number of aliphatic hydroxyl groups excluding tert-OH is 1. The van der Waals surface area contributed by atoms with Gasteiger partial charge < -0.3 is 10.0 Å². The monoisotopic (exact) mass is 252 g/mol. The third-order valence-corrected chi connectivity index (χ3v) is 3.48. The van der Waals surface area contributed by atoms with Crippen LogP contribution in [0.25, 0.3) is 0 Å². The maximum atomic E-state index is 9.83. The second-order valence-corrected chi connectivity index (χ2v) is 5.44. The number of likely N-dealkylation sites (tertiary alicyclic amines) is 1. The Morgan fingerprint density at radius 2 is 2.28 bits per heavy atom. The Balaban J connectivity index is 1.97. The zero-order chi connectivity index (χ0) is 13.1. The molecule has 0 saturated carbocycles. The van der Waals surface area contributed by atoms with Crippen LogP contribution in [0.5, 0.6) is 0 Å². The maximum absolute atomic E-state index is 9.83. The molecule has 2 unspecified atom stereocenters. The maximum Gasteiger partial charge on any atom is 0.0682 e. The highest BCUT2D eigenvalue weighted by Crippen LogP contribution is 2.20. The average Bonchev–Trinajstić information content (AvgIpc) is 2.86. The summed E-state index contributed by atoms with van der Waals surface area (Å²) in [5, 5.41) is 14.1. The van der Waals surface area contributed by atoms with Crippen LogP contribution in [-0.2, 0) is 13.1 Å². The minimum absolute atomic E-state index is 0.184. The third kappa shape index (κ3) is 3.31. The molecule has 1 saturated heterocycles. The van der Waals surface area contributed by atoms with Gasteiger partial charge in [0.05, 0.1) is 12.3 Å². The SMILES string of the molecule is CCn1cc(CN2CC(O)CC2CN(C)C)cn1. The van der Waals surface area contributed by atoms with Gasteiger partial charge in [-0.25, -0.2) is 0 Å². The van der Waals surface area contributed by atoms with Gasteiger partial charge in [-0.05, 0) is 27.4 Å². The molecule has 2 heterocycles. The molecule has 1 aromatic heterocycles. The van der Waals surface area contributed by atoms with E-state index in [1.54, 1.807) is 0 Å². The molecule has 1 aromatic rings. The molecule has 5 nitrogen and oxygen atoms in total. The van der Waals surface area contributed by atoms with Crippen LogP contribution < -0.4 is 0 Å². The molecule has 2 rings (SSSR count). The first-order valence-corrected chi connectivity index (χ1v) is 6.66. The number of aromatic nitrogens is 2. The molecule has 0 amide bonds. The lowest BCUT2D eigenvalue weighted by Gasteiger charge is -2.26. The molecule has 1 aliphatic rings. The second kappa shape index (κ2) is 5.82. The van der Waals surface area contributed by atoms with Crippen molar-refractivity contribution in [2.45, 2.75) is 38.6 Å². The number of β-amino-alcohol motifs (C(OH)–C–C–N with tert-alkyl or cyclic N) is 1. The quantitative estimate of drug-likeness (QED) is 0.824. The van der Waals surface area contributed by atoms with Crippen molar-refractivity contribution >= 4 is 0 Å². The largest absolute Gasteiger partial charge is 0.392 e. The van der Waals surface area contributed by atoms with E-state index in [9.17, 15) is 5.11 Å². The molecule has 102 valence electrons. The van der Waals surface area contributed by atoms with E-state index in [1.807, 2.05) is 10.9 Å². The molecular weight excluding hydrogens is 228 g/mol. The summed E-state index contributed by atoms with van der Waals surface area (Å²) in [5.41, 5.74) is 1.23. The van der Waals surface area contributed by atoms with Gasteiger partial charge in [-0.3, -0.25) is 9.58 Å². The van der Waals surface area contributed by atoms with Gasteiger partial charge in [0.25, 0.3) is 0 Å². The van der Waals surface area contributed by atoms with Gasteiger partial charge in [0.15, 0.2) is 0 Å². The fourth-order valence-corrected chi connectivity index (χ4v) is 2.66. The summed E-state index contributed by atoms with van der Waals surface area (Å²) >= 11 is 0. The number of aryl methyl sites for hydroxylation is 1. The third-order valence-electron chi connectivity index (χ3n) is 3.48. The van der Waals surface area contributed by atoms with E-state index in [4.69, 9.17) is 0 Å². The van der Waals surface area contributed by atoms with Crippen LogP contribution in [0.3, 0.4) is 0 Å². The summed E-state index contributed by atoms with van der Waals surface area (Å²) in [4.78, 5) is 4.55. The minimum Gasteiger partial charge on any atom is -0.392 e. The molecule has 0 aromatic carbocycles. The summed E-state index contributed by atoms with van der Waals surface area (Å²) in [5.74, 6) is 0. The van der Waals surface area contributed by atoms with E-state index in [-0.39, 0.29) is 6.10 Å². The average molecular weight is 252 g/mol. The Morgan fingerprint density at radius 3 is 2.89 bits per heavy atom. The number of nitrogens with zero attached hydrogens (tertiary/aromatic N) is 4. The number of aliphatic hydroxyl groups is 1. The van der Waals surface area contributed by atoms with Gasteiger partial charge in [-0.2, -0.15) is 5.10 Å². The molecular formula is C13H24N4O. The molecule has 1 fully saturated rings. The lowest BCUT2D eigenvalue weighted by atomic mass is 10.2. The Hall–Kier alpha value is -0.910. The van der Waals surface area contributed by atoms with Gasteiger partial charge in [0, 0.05) is 44.0 Å². The summed E-state index contributed by atoms with van der Waals surface area (Å²) in [6, 6.07) is 0.444. The van der Waals surface area contributed by atoms with Gasteiger partial charge in [0.2, 0.25) is 0 Å². The van der Waals surface area contributed by atoms with E-state index >= 15 is 0 Å². The van der Waals surface area contributed by atoms with E-state index < -0.39 is 0 Å². The Bertz CT molecular complexity index is 377. The normalized spacial score (nSPS) is 25.2. The first-order valence-electron chi connectivity index (χ1n) is 6.66. The molecule has 0 spiro atoms. The Kier molecular flexibility index (Phi) is 4.37. The van der Waals surface area contributed by atoms with E-state index in [0.717, 1.165) is 32.6 Å². The Labute approximate surface area is 109 Å². The van der Waals surface area contributed by atoms with Crippen molar-refractivity contribution in [2.24, 2.45) is 0 Å². The van der Waals surface area contributed by atoms with Crippen molar-refractivity contribution in [2.75, 3.05) is 27.2 Å². The highest BCUT2D eigenvalue weighted by molar-refractivity contribution is 5.05. The topological polar surface area (TPSA) is 44.5 Å². The molecule has 18 heavy (non-hydrogen) atoms. The number of rotatable bonds is 5. The van der Waals surface area contributed by atoms with Crippen molar-refractivity contribution < 1.29 is 5.11 Å². The lowest BCUT2D eigenvalue weighted by Crippen LogP contribution is -2.37. The predicted molar refractivity (Wildman–Crippen MR) is 71.3 cm³/mol. The van der Waals surface area contributed by atoms with E-state index in [2.05, 4.69) is 42.1 Å². The summed E-state index contributed by atoms with van der Waals surface area (Å²) < 4.78 is 1.95. The lowest BCUT2D eigenvalue weighted by molar-refractivity contribution is 0.169. The van der Waals surface area contributed by atoms with Gasteiger partial charge in [-0.1, -0.05) is 0 Å². The van der Waals surface area contributed by atoms with Gasteiger partial charge >= 0.3 is 0 Å². The molecule has 0 aliphatic carbocycles. The highest BCUT2D eigenvalue weighted by Gasteiger charge is 2.31. The summed E-state index contributed by atoms with van der Waals surface area (Å²) in [6.45, 7) is 5.65. The first-order chi connectivity index (χ1) is 8.58. The Morgan fingerprint density at radius 1 is 1.50 bits per heavy atom. The van der Waals surface area contributed by atoms with Crippen LogP contribution >= 0.6 is 0 Å². The van der Waals surface area contributed by atoms with Crippen LogP contribution in [0.15, 0.2) is 12.4 Å². The zero-order valence-corrected chi connectivity index (χ0v) is 11.6. The van der Waals surface area contributed by atoms with Crippen LogP contribution in [-0.4, -0.2) is 64.0 Å². The zero-order valence-electron chi connectivity index (χ0n) is 11.6. The second-order valence-electron chi connectivity index (χ2n) is 5.44. The predicted octanol–water partition coefficient (Wildman–Crippen LogP) is 0.400.